The second kappa shape index (κ2) is 5.36. The first-order valence-electron chi connectivity index (χ1n) is 6.28. The van der Waals surface area contributed by atoms with E-state index in [-0.39, 0.29) is 16.5 Å². The third-order valence-electron chi connectivity index (χ3n) is 3.08. The number of aromatic amines is 1. The molecule has 22 heavy (non-hydrogen) atoms. The molecule has 1 amide bonds. The van der Waals surface area contributed by atoms with Crippen molar-refractivity contribution in [3.05, 3.63) is 70.3 Å². The zero-order valence-electron chi connectivity index (χ0n) is 11.1. The number of amides is 1. The number of pyridine rings is 2. The lowest BCUT2D eigenvalue weighted by Crippen LogP contribution is -2.22. The summed E-state index contributed by atoms with van der Waals surface area (Å²) in [6.45, 7) is 0. The number of carbonyl (C=O) groups is 1. The largest absolute Gasteiger partial charge is 0.360 e. The third-order valence-corrected chi connectivity index (χ3v) is 3.08. The van der Waals surface area contributed by atoms with Crippen molar-refractivity contribution in [2.24, 2.45) is 0 Å². The molecule has 0 aliphatic heterocycles. The molecule has 0 unspecified atom stereocenters. The van der Waals surface area contributed by atoms with Crippen molar-refractivity contribution in [3.8, 4) is 0 Å². The number of nitrogens with one attached hydrogen (secondary N) is 2. The number of H-pyrrole nitrogens is 1. The van der Waals surface area contributed by atoms with Crippen molar-refractivity contribution < 1.29 is 13.6 Å². The monoisotopic (exact) mass is 301 g/mol. The highest BCUT2D eigenvalue weighted by molar-refractivity contribution is 6.05. The first-order valence-corrected chi connectivity index (χ1v) is 6.28. The van der Waals surface area contributed by atoms with Crippen LogP contribution in [0.4, 0.5) is 14.5 Å². The Bertz CT molecular complexity index is 923. The van der Waals surface area contributed by atoms with E-state index >= 15 is 0 Å². The first-order chi connectivity index (χ1) is 10.6. The Morgan fingerprint density at radius 2 is 1.91 bits per heavy atom. The Hall–Kier alpha value is -3.09. The molecule has 3 aromatic rings. The summed E-state index contributed by atoms with van der Waals surface area (Å²) in [6.07, 6.45) is 4.07. The van der Waals surface area contributed by atoms with Gasteiger partial charge in [0.1, 0.15) is 17.2 Å². The second-order valence-electron chi connectivity index (χ2n) is 4.53. The molecular formula is C15H9F2N3O2. The lowest BCUT2D eigenvalue weighted by Gasteiger charge is -2.06. The summed E-state index contributed by atoms with van der Waals surface area (Å²) < 4.78 is 26.9. The average Bonchev–Trinajstić information content (AvgIpc) is 2.47. The highest BCUT2D eigenvalue weighted by Gasteiger charge is 2.16. The zero-order valence-corrected chi connectivity index (χ0v) is 11.1. The van der Waals surface area contributed by atoms with Crippen LogP contribution in [0.15, 0.2) is 47.7 Å². The van der Waals surface area contributed by atoms with Gasteiger partial charge in [-0.15, -0.1) is 0 Å². The number of halogens is 2. The van der Waals surface area contributed by atoms with Gasteiger partial charge in [0.25, 0.3) is 5.91 Å². The Labute approximate surface area is 122 Å². The van der Waals surface area contributed by atoms with Crippen LogP contribution >= 0.6 is 0 Å². The molecular weight excluding hydrogens is 292 g/mol. The van der Waals surface area contributed by atoms with Crippen LogP contribution in [-0.2, 0) is 0 Å². The molecule has 0 aliphatic rings. The Kier molecular flexibility index (Phi) is 3.38. The van der Waals surface area contributed by atoms with Crippen molar-refractivity contribution in [2.75, 3.05) is 5.32 Å². The minimum absolute atomic E-state index is 0.0111. The zero-order chi connectivity index (χ0) is 15.7. The van der Waals surface area contributed by atoms with Gasteiger partial charge >= 0.3 is 0 Å². The summed E-state index contributed by atoms with van der Waals surface area (Å²) in [5.74, 6) is -2.53. The summed E-state index contributed by atoms with van der Waals surface area (Å²) in [6, 6.07) is 4.68. The Balaban J connectivity index is 2.07. The van der Waals surface area contributed by atoms with Crippen molar-refractivity contribution in [1.29, 1.82) is 0 Å². The highest BCUT2D eigenvalue weighted by atomic mass is 19.1. The fourth-order valence-corrected chi connectivity index (χ4v) is 2.07. The number of fused-ring (bicyclic) bond motifs is 1. The number of benzene rings is 1. The number of anilines is 1. The van der Waals surface area contributed by atoms with E-state index in [2.05, 4.69) is 15.3 Å². The molecule has 0 atom stereocenters. The lowest BCUT2D eigenvalue weighted by molar-refractivity contribution is 0.102. The quantitative estimate of drug-likeness (QED) is 0.763. The van der Waals surface area contributed by atoms with Crippen LogP contribution in [0.5, 0.6) is 0 Å². The molecule has 2 aromatic heterocycles. The predicted octanol–water partition coefficient (Wildman–Crippen LogP) is 2.45. The molecule has 0 bridgehead atoms. The molecule has 0 spiro atoms. The number of nitrogens with zero attached hydrogens (tertiary/aromatic N) is 1. The molecule has 3 rings (SSSR count). The molecule has 0 saturated carbocycles. The van der Waals surface area contributed by atoms with Crippen molar-refractivity contribution in [1.82, 2.24) is 9.97 Å². The van der Waals surface area contributed by atoms with Crippen LogP contribution in [-0.4, -0.2) is 15.9 Å². The summed E-state index contributed by atoms with van der Waals surface area (Å²) >= 11 is 0. The molecule has 0 saturated heterocycles. The number of aromatic nitrogens is 2. The van der Waals surface area contributed by atoms with Crippen LogP contribution in [0.25, 0.3) is 10.9 Å². The molecule has 7 heteroatoms. The van der Waals surface area contributed by atoms with Crippen molar-refractivity contribution in [3.63, 3.8) is 0 Å². The average molecular weight is 301 g/mol. The van der Waals surface area contributed by atoms with E-state index < -0.39 is 23.0 Å². The van der Waals surface area contributed by atoms with Crippen molar-refractivity contribution >= 4 is 22.5 Å². The van der Waals surface area contributed by atoms with Gasteiger partial charge in [0.2, 0.25) is 5.43 Å². The normalized spacial score (nSPS) is 10.6. The number of rotatable bonds is 2. The van der Waals surface area contributed by atoms with Crippen LogP contribution < -0.4 is 10.7 Å². The molecule has 1 aromatic carbocycles. The topological polar surface area (TPSA) is 74.8 Å². The van der Waals surface area contributed by atoms with Gasteiger partial charge in [-0.05, 0) is 18.2 Å². The van der Waals surface area contributed by atoms with Gasteiger partial charge in [0.05, 0.1) is 10.9 Å². The number of carbonyl (C=O) groups excluding carboxylic acids is 1. The van der Waals surface area contributed by atoms with E-state index in [1.54, 1.807) is 12.1 Å². The summed E-state index contributed by atoms with van der Waals surface area (Å²) in [5, 5.41) is 2.14. The van der Waals surface area contributed by atoms with E-state index in [0.29, 0.717) is 11.8 Å². The third kappa shape index (κ3) is 2.44. The molecule has 0 aliphatic carbocycles. The van der Waals surface area contributed by atoms with Crippen LogP contribution in [0, 0.1) is 11.6 Å². The SMILES string of the molecule is O=C(Nc1ccncc1)c1c[nH]c2cc(F)cc(F)c2c1=O. The summed E-state index contributed by atoms with van der Waals surface area (Å²) in [5.41, 5.74) is -0.644. The number of hydrogen-bond donors (Lipinski definition) is 2. The van der Waals surface area contributed by atoms with Gasteiger partial charge in [0, 0.05) is 30.3 Å². The minimum atomic E-state index is -1.02. The van der Waals surface area contributed by atoms with Crippen LogP contribution in [0.2, 0.25) is 0 Å². The van der Waals surface area contributed by atoms with Gasteiger partial charge in [-0.2, -0.15) is 0 Å². The maximum Gasteiger partial charge on any atom is 0.261 e. The Morgan fingerprint density at radius 1 is 1.18 bits per heavy atom. The van der Waals surface area contributed by atoms with E-state index in [4.69, 9.17) is 0 Å². The molecule has 2 heterocycles. The van der Waals surface area contributed by atoms with Crippen molar-refractivity contribution in [2.45, 2.75) is 0 Å². The lowest BCUT2D eigenvalue weighted by atomic mass is 10.1. The minimum Gasteiger partial charge on any atom is -0.360 e. The molecule has 110 valence electrons. The van der Waals surface area contributed by atoms with E-state index in [9.17, 15) is 18.4 Å². The summed E-state index contributed by atoms with van der Waals surface area (Å²) in [4.78, 5) is 30.7. The predicted molar refractivity (Wildman–Crippen MR) is 76.7 cm³/mol. The molecule has 2 N–H and O–H groups in total. The standard InChI is InChI=1S/C15H9F2N3O2/c16-8-5-11(17)13-12(6-8)19-7-10(14(13)21)15(22)20-9-1-3-18-4-2-9/h1-7H,(H,19,21)(H,18,20,22). The molecule has 5 nitrogen and oxygen atoms in total. The van der Waals surface area contributed by atoms with Gasteiger partial charge in [-0.1, -0.05) is 0 Å². The maximum atomic E-state index is 13.8. The second-order valence-corrected chi connectivity index (χ2v) is 4.53. The maximum absolute atomic E-state index is 13.8. The Morgan fingerprint density at radius 3 is 2.64 bits per heavy atom. The molecule has 0 fully saturated rings. The summed E-state index contributed by atoms with van der Waals surface area (Å²) in [7, 11) is 0. The van der Waals surface area contributed by atoms with E-state index in [0.717, 1.165) is 12.3 Å². The number of hydrogen-bond acceptors (Lipinski definition) is 3. The fourth-order valence-electron chi connectivity index (χ4n) is 2.07. The highest BCUT2D eigenvalue weighted by Crippen LogP contribution is 2.15. The van der Waals surface area contributed by atoms with Crippen LogP contribution in [0.1, 0.15) is 10.4 Å². The van der Waals surface area contributed by atoms with Crippen LogP contribution in [0.3, 0.4) is 0 Å². The smallest absolute Gasteiger partial charge is 0.261 e. The molecule has 0 radical (unpaired) electrons. The van der Waals surface area contributed by atoms with E-state index in [1.165, 1.54) is 12.4 Å². The van der Waals surface area contributed by atoms with Gasteiger partial charge < -0.3 is 10.3 Å². The fraction of sp³-hybridized carbons (Fsp3) is 0. The van der Waals surface area contributed by atoms with Gasteiger partial charge in [-0.25, -0.2) is 8.78 Å². The van der Waals surface area contributed by atoms with Gasteiger partial charge in [-0.3, -0.25) is 14.6 Å². The van der Waals surface area contributed by atoms with E-state index in [1.807, 2.05) is 0 Å². The van der Waals surface area contributed by atoms with Gasteiger partial charge in [0.15, 0.2) is 0 Å². The first kappa shape index (κ1) is 13.9.